The molecule has 1 saturated heterocycles. The van der Waals surface area contributed by atoms with Gasteiger partial charge < -0.3 is 20.5 Å². The molecule has 7 nitrogen and oxygen atoms in total. The number of nitrogens with one attached hydrogen (secondary N) is 1. The van der Waals surface area contributed by atoms with Crippen molar-refractivity contribution in [3.05, 3.63) is 52.8 Å². The van der Waals surface area contributed by atoms with Crippen molar-refractivity contribution in [2.24, 2.45) is 5.73 Å². The Bertz CT molecular complexity index is 1110. The molecule has 0 unspecified atom stereocenters. The van der Waals surface area contributed by atoms with E-state index in [1.807, 2.05) is 0 Å². The SMILES string of the molecule is C[C@@]1(C(F)(F)F)C[C@H](c2ccc(OC(F)(F)F)cc2Cl)[C@@H](C(=O)Nc2ccnc(C(N)=O)c2)O1. The summed E-state index contributed by atoms with van der Waals surface area (Å²) in [6.07, 6.45) is -11.2. The number of aromatic nitrogens is 1. The standard InChI is InChI=1S/C20H16ClF6N3O4/c1-18(19(22,23)24)8-12(11-3-2-10(7-13(11)21)33-20(25,26)27)15(34-18)17(32)30-9-4-5-29-14(6-9)16(28)31/h2-7,12,15H,8H2,1H3,(H2,28,31)(H,29,30,32)/t12-,15+,18+/m1/s1. The van der Waals surface area contributed by atoms with Gasteiger partial charge in [0.2, 0.25) is 0 Å². The van der Waals surface area contributed by atoms with Crippen molar-refractivity contribution in [2.75, 3.05) is 5.32 Å². The molecule has 34 heavy (non-hydrogen) atoms. The van der Waals surface area contributed by atoms with Crippen LogP contribution in [0.15, 0.2) is 36.5 Å². The van der Waals surface area contributed by atoms with E-state index in [4.69, 9.17) is 22.1 Å². The lowest BCUT2D eigenvalue weighted by atomic mass is 9.86. The van der Waals surface area contributed by atoms with E-state index in [0.717, 1.165) is 37.4 Å². The minimum atomic E-state index is -5.01. The van der Waals surface area contributed by atoms with Crippen molar-refractivity contribution in [1.82, 2.24) is 4.98 Å². The molecular formula is C20H16ClF6N3O4. The number of hydrogen-bond donors (Lipinski definition) is 2. The van der Waals surface area contributed by atoms with Gasteiger partial charge in [0.25, 0.3) is 11.8 Å². The van der Waals surface area contributed by atoms with Crippen molar-refractivity contribution >= 4 is 29.1 Å². The number of carbonyl (C=O) groups is 2. The zero-order valence-electron chi connectivity index (χ0n) is 17.1. The number of nitrogens with zero attached hydrogens (tertiary/aromatic N) is 1. The fourth-order valence-corrected chi connectivity index (χ4v) is 3.80. The number of pyridine rings is 1. The summed E-state index contributed by atoms with van der Waals surface area (Å²) in [5, 5.41) is 1.99. The van der Waals surface area contributed by atoms with Crippen LogP contribution in [0.2, 0.25) is 5.02 Å². The van der Waals surface area contributed by atoms with E-state index < -0.39 is 54.1 Å². The van der Waals surface area contributed by atoms with Gasteiger partial charge in [0, 0.05) is 22.8 Å². The molecule has 1 aliphatic heterocycles. The minimum Gasteiger partial charge on any atom is -0.406 e. The molecule has 1 aromatic heterocycles. The maximum absolute atomic E-state index is 13.7. The van der Waals surface area contributed by atoms with Crippen LogP contribution in [0.1, 0.15) is 35.3 Å². The van der Waals surface area contributed by atoms with Crippen molar-refractivity contribution < 1.29 is 45.4 Å². The first-order valence-corrected chi connectivity index (χ1v) is 9.84. The molecule has 1 aliphatic rings. The average Bonchev–Trinajstić information content (AvgIpc) is 3.06. The summed E-state index contributed by atoms with van der Waals surface area (Å²) in [4.78, 5) is 27.9. The number of carbonyl (C=O) groups excluding carboxylic acids is 2. The molecule has 2 aromatic rings. The van der Waals surface area contributed by atoms with E-state index in [9.17, 15) is 35.9 Å². The summed E-state index contributed by atoms with van der Waals surface area (Å²) in [6.45, 7) is 0.750. The average molecular weight is 512 g/mol. The molecule has 0 radical (unpaired) electrons. The third-order valence-electron chi connectivity index (χ3n) is 5.10. The fourth-order valence-electron chi connectivity index (χ4n) is 3.49. The van der Waals surface area contributed by atoms with E-state index in [1.54, 1.807) is 0 Å². The van der Waals surface area contributed by atoms with Crippen molar-refractivity contribution in [2.45, 2.75) is 43.5 Å². The maximum Gasteiger partial charge on any atom is 0.573 e. The number of benzene rings is 1. The predicted octanol–water partition coefficient (Wildman–Crippen LogP) is 4.56. The van der Waals surface area contributed by atoms with Gasteiger partial charge in [-0.3, -0.25) is 14.6 Å². The predicted molar refractivity (Wildman–Crippen MR) is 106 cm³/mol. The smallest absolute Gasteiger partial charge is 0.406 e. The third kappa shape index (κ3) is 5.53. The van der Waals surface area contributed by atoms with Crippen molar-refractivity contribution in [3.63, 3.8) is 0 Å². The highest BCUT2D eigenvalue weighted by Gasteiger charge is 2.61. The normalized spacial score (nSPS) is 22.9. The minimum absolute atomic E-state index is 0.0109. The second-order valence-electron chi connectivity index (χ2n) is 7.59. The van der Waals surface area contributed by atoms with Crippen LogP contribution in [0.3, 0.4) is 0 Å². The van der Waals surface area contributed by atoms with Gasteiger partial charge >= 0.3 is 12.5 Å². The van der Waals surface area contributed by atoms with Gasteiger partial charge in [-0.15, -0.1) is 13.2 Å². The van der Waals surface area contributed by atoms with Crippen LogP contribution in [0.4, 0.5) is 32.0 Å². The number of primary amides is 1. The molecule has 1 fully saturated rings. The maximum atomic E-state index is 13.7. The lowest BCUT2D eigenvalue weighted by Crippen LogP contribution is -2.43. The Labute approximate surface area is 193 Å². The zero-order valence-corrected chi connectivity index (χ0v) is 17.9. The van der Waals surface area contributed by atoms with Crippen LogP contribution >= 0.6 is 11.6 Å². The highest BCUT2D eigenvalue weighted by molar-refractivity contribution is 6.31. The summed E-state index contributed by atoms with van der Waals surface area (Å²) >= 11 is 6.06. The Kier molecular flexibility index (Phi) is 6.73. The summed E-state index contributed by atoms with van der Waals surface area (Å²) in [6, 6.07) is 5.08. The molecule has 3 rings (SSSR count). The van der Waals surface area contributed by atoms with Crippen LogP contribution in [-0.4, -0.2) is 41.0 Å². The summed E-state index contributed by atoms with van der Waals surface area (Å²) in [5.74, 6) is -3.87. The molecule has 0 aliphatic carbocycles. The molecule has 0 saturated carbocycles. The van der Waals surface area contributed by atoms with Crippen LogP contribution in [0.5, 0.6) is 5.75 Å². The van der Waals surface area contributed by atoms with Crippen LogP contribution in [0, 0.1) is 0 Å². The first-order chi connectivity index (χ1) is 15.6. The molecule has 3 atom stereocenters. The highest BCUT2D eigenvalue weighted by Crippen LogP contribution is 2.51. The first-order valence-electron chi connectivity index (χ1n) is 9.46. The van der Waals surface area contributed by atoms with Crippen LogP contribution in [-0.2, 0) is 9.53 Å². The largest absolute Gasteiger partial charge is 0.573 e. The van der Waals surface area contributed by atoms with Gasteiger partial charge in [-0.1, -0.05) is 17.7 Å². The monoisotopic (exact) mass is 511 g/mol. The van der Waals surface area contributed by atoms with Gasteiger partial charge in [-0.25, -0.2) is 0 Å². The van der Waals surface area contributed by atoms with Gasteiger partial charge in [0.15, 0.2) is 5.60 Å². The Morgan fingerprint density at radius 3 is 2.44 bits per heavy atom. The summed E-state index contributed by atoms with van der Waals surface area (Å²) in [7, 11) is 0. The Morgan fingerprint density at radius 2 is 1.88 bits per heavy atom. The lowest BCUT2D eigenvalue weighted by Gasteiger charge is -2.27. The summed E-state index contributed by atoms with van der Waals surface area (Å²) < 4.78 is 87.4. The van der Waals surface area contributed by atoms with E-state index in [1.165, 1.54) is 6.07 Å². The van der Waals surface area contributed by atoms with E-state index in [-0.39, 0.29) is 22.0 Å². The highest BCUT2D eigenvalue weighted by atomic mass is 35.5. The van der Waals surface area contributed by atoms with Crippen molar-refractivity contribution in [3.8, 4) is 5.75 Å². The lowest BCUT2D eigenvalue weighted by molar-refractivity contribution is -0.274. The van der Waals surface area contributed by atoms with Crippen LogP contribution < -0.4 is 15.8 Å². The van der Waals surface area contributed by atoms with Gasteiger partial charge in [-0.2, -0.15) is 13.2 Å². The second kappa shape index (κ2) is 8.95. The Hall–Kier alpha value is -3.06. The van der Waals surface area contributed by atoms with Crippen molar-refractivity contribution in [1.29, 1.82) is 0 Å². The van der Waals surface area contributed by atoms with Gasteiger partial charge in [-0.05, 0) is 43.2 Å². The van der Waals surface area contributed by atoms with Crippen LogP contribution in [0.25, 0.3) is 0 Å². The molecule has 184 valence electrons. The molecular weight excluding hydrogens is 496 g/mol. The topological polar surface area (TPSA) is 104 Å². The van der Waals surface area contributed by atoms with Gasteiger partial charge in [0.1, 0.15) is 17.5 Å². The Balaban J connectivity index is 1.94. The van der Waals surface area contributed by atoms with E-state index >= 15 is 0 Å². The number of nitrogens with two attached hydrogens (primary N) is 1. The molecule has 0 spiro atoms. The first kappa shape index (κ1) is 25.6. The number of ether oxygens (including phenoxy) is 2. The zero-order chi connectivity index (χ0) is 25.5. The number of halogens is 7. The van der Waals surface area contributed by atoms with Gasteiger partial charge in [0.05, 0.1) is 0 Å². The number of anilines is 1. The molecule has 14 heteroatoms. The molecule has 1 aromatic carbocycles. The number of rotatable bonds is 5. The second-order valence-corrected chi connectivity index (χ2v) is 8.00. The Morgan fingerprint density at radius 1 is 1.21 bits per heavy atom. The van der Waals surface area contributed by atoms with E-state index in [0.29, 0.717) is 0 Å². The third-order valence-corrected chi connectivity index (χ3v) is 5.43. The quantitative estimate of drug-likeness (QED) is 0.573. The number of alkyl halides is 6. The summed E-state index contributed by atoms with van der Waals surface area (Å²) in [5.41, 5.74) is 2.14. The number of hydrogen-bond acceptors (Lipinski definition) is 5. The molecule has 2 amide bonds. The van der Waals surface area contributed by atoms with E-state index in [2.05, 4.69) is 15.0 Å². The fraction of sp³-hybridized carbons (Fsp3) is 0.350. The number of amides is 2. The molecule has 2 heterocycles. The molecule has 0 bridgehead atoms. The molecule has 3 N–H and O–H groups in total.